The molecule has 1 fully saturated rings. The molecule has 1 rings (SSSR count). The summed E-state index contributed by atoms with van der Waals surface area (Å²) in [5.74, 6) is 0.191. The van der Waals surface area contributed by atoms with E-state index in [1.165, 1.54) is 0 Å². The van der Waals surface area contributed by atoms with Gasteiger partial charge in [-0.3, -0.25) is 4.79 Å². The Morgan fingerprint density at radius 2 is 2.33 bits per heavy atom. The third-order valence-corrected chi connectivity index (χ3v) is 3.40. The minimum atomic E-state index is -0.0497. The van der Waals surface area contributed by atoms with E-state index in [1.54, 1.807) is 6.08 Å². The highest BCUT2D eigenvalue weighted by Crippen LogP contribution is 2.35. The Morgan fingerprint density at radius 1 is 1.67 bits per heavy atom. The van der Waals surface area contributed by atoms with Gasteiger partial charge in [0.1, 0.15) is 5.78 Å². The normalized spacial score (nSPS) is 27.0. The van der Waals surface area contributed by atoms with Crippen molar-refractivity contribution in [3.8, 4) is 0 Å². The topological polar surface area (TPSA) is 26.3 Å². The molecule has 2 atom stereocenters. The number of ether oxygens (including phenoxy) is 1. The van der Waals surface area contributed by atoms with E-state index in [-0.39, 0.29) is 23.2 Å². The van der Waals surface area contributed by atoms with Gasteiger partial charge in [-0.1, -0.05) is 26.8 Å². The summed E-state index contributed by atoms with van der Waals surface area (Å²) in [5.41, 5.74) is 0.134. The SMILES string of the molecule is C=CC(C)C(=O)CC1OCCCC1(C)C. The molecule has 0 spiro atoms. The molecular formula is C13H22O2. The van der Waals surface area contributed by atoms with Crippen LogP contribution in [-0.4, -0.2) is 18.5 Å². The predicted octanol–water partition coefficient (Wildman–Crippen LogP) is 2.97. The van der Waals surface area contributed by atoms with Crippen LogP contribution in [-0.2, 0) is 9.53 Å². The zero-order valence-corrected chi connectivity index (χ0v) is 10.1. The summed E-state index contributed by atoms with van der Waals surface area (Å²) in [6.07, 6.45) is 4.57. The Kier molecular flexibility index (Phi) is 4.09. The molecular weight excluding hydrogens is 188 g/mol. The van der Waals surface area contributed by atoms with Crippen LogP contribution in [0.3, 0.4) is 0 Å². The number of rotatable bonds is 4. The molecule has 0 N–H and O–H groups in total. The summed E-state index contributed by atoms with van der Waals surface area (Å²) >= 11 is 0. The smallest absolute Gasteiger partial charge is 0.142 e. The summed E-state index contributed by atoms with van der Waals surface area (Å²) in [7, 11) is 0. The van der Waals surface area contributed by atoms with Crippen LogP contribution >= 0.6 is 0 Å². The monoisotopic (exact) mass is 210 g/mol. The molecule has 1 aliphatic heterocycles. The summed E-state index contributed by atoms with van der Waals surface area (Å²) in [6, 6.07) is 0. The van der Waals surface area contributed by atoms with Crippen molar-refractivity contribution in [3.05, 3.63) is 12.7 Å². The van der Waals surface area contributed by atoms with E-state index in [0.29, 0.717) is 6.42 Å². The third-order valence-electron chi connectivity index (χ3n) is 3.40. The van der Waals surface area contributed by atoms with Crippen LogP contribution in [0.15, 0.2) is 12.7 Å². The maximum Gasteiger partial charge on any atom is 0.142 e. The quantitative estimate of drug-likeness (QED) is 0.667. The van der Waals surface area contributed by atoms with Crippen molar-refractivity contribution in [2.24, 2.45) is 11.3 Å². The van der Waals surface area contributed by atoms with Gasteiger partial charge in [0.25, 0.3) is 0 Å². The van der Waals surface area contributed by atoms with E-state index in [1.807, 2.05) is 6.92 Å². The molecule has 1 heterocycles. The molecule has 0 bridgehead atoms. The lowest BCUT2D eigenvalue weighted by Gasteiger charge is -2.38. The van der Waals surface area contributed by atoms with E-state index in [9.17, 15) is 4.79 Å². The molecule has 0 aromatic carbocycles. The number of allylic oxidation sites excluding steroid dienone is 1. The molecule has 15 heavy (non-hydrogen) atoms. The lowest BCUT2D eigenvalue weighted by molar-refractivity contribution is -0.130. The molecule has 0 saturated carbocycles. The van der Waals surface area contributed by atoms with Crippen molar-refractivity contribution in [3.63, 3.8) is 0 Å². The second kappa shape index (κ2) is 4.93. The van der Waals surface area contributed by atoms with Gasteiger partial charge in [-0.25, -0.2) is 0 Å². The van der Waals surface area contributed by atoms with Gasteiger partial charge in [0.2, 0.25) is 0 Å². The zero-order valence-electron chi connectivity index (χ0n) is 10.1. The standard InChI is InChI=1S/C13H22O2/c1-5-10(2)11(14)9-12-13(3,4)7-6-8-15-12/h5,10,12H,1,6-9H2,2-4H3. The third kappa shape index (κ3) is 3.16. The molecule has 2 unspecified atom stereocenters. The van der Waals surface area contributed by atoms with Crippen molar-refractivity contribution in [2.45, 2.75) is 46.1 Å². The van der Waals surface area contributed by atoms with Crippen LogP contribution in [0.5, 0.6) is 0 Å². The van der Waals surface area contributed by atoms with Gasteiger partial charge in [-0.15, -0.1) is 6.58 Å². The first-order chi connectivity index (χ1) is 6.97. The fraction of sp³-hybridized carbons (Fsp3) is 0.769. The molecule has 2 heteroatoms. The Labute approximate surface area is 92.7 Å². The van der Waals surface area contributed by atoms with Crippen molar-refractivity contribution < 1.29 is 9.53 Å². The van der Waals surface area contributed by atoms with Gasteiger partial charge in [0.05, 0.1) is 6.10 Å². The van der Waals surface area contributed by atoms with Crippen molar-refractivity contribution >= 4 is 5.78 Å². The average molecular weight is 210 g/mol. The van der Waals surface area contributed by atoms with Crippen molar-refractivity contribution in [1.82, 2.24) is 0 Å². The number of carbonyl (C=O) groups is 1. The molecule has 86 valence electrons. The summed E-state index contributed by atoms with van der Waals surface area (Å²) < 4.78 is 5.70. The highest BCUT2D eigenvalue weighted by Gasteiger charge is 2.35. The minimum absolute atomic E-state index is 0.0497. The highest BCUT2D eigenvalue weighted by atomic mass is 16.5. The lowest BCUT2D eigenvalue weighted by Crippen LogP contribution is -2.38. The fourth-order valence-electron chi connectivity index (χ4n) is 1.98. The molecule has 0 aromatic heterocycles. The Hall–Kier alpha value is -0.630. The first-order valence-corrected chi connectivity index (χ1v) is 5.74. The predicted molar refractivity (Wildman–Crippen MR) is 61.7 cm³/mol. The molecule has 0 amide bonds. The van der Waals surface area contributed by atoms with Gasteiger partial charge in [-0.05, 0) is 18.3 Å². The van der Waals surface area contributed by atoms with Crippen LogP contribution in [0.1, 0.15) is 40.0 Å². The molecule has 2 nitrogen and oxygen atoms in total. The van der Waals surface area contributed by atoms with Gasteiger partial charge in [-0.2, -0.15) is 0 Å². The van der Waals surface area contributed by atoms with Gasteiger partial charge >= 0.3 is 0 Å². The van der Waals surface area contributed by atoms with E-state index in [4.69, 9.17) is 4.74 Å². The summed E-state index contributed by atoms with van der Waals surface area (Å²) in [4.78, 5) is 11.8. The van der Waals surface area contributed by atoms with Crippen LogP contribution < -0.4 is 0 Å². The van der Waals surface area contributed by atoms with Gasteiger partial charge in [0, 0.05) is 18.9 Å². The van der Waals surface area contributed by atoms with Crippen LogP contribution in [0.25, 0.3) is 0 Å². The number of carbonyl (C=O) groups excluding carboxylic acids is 1. The van der Waals surface area contributed by atoms with E-state index in [0.717, 1.165) is 19.4 Å². The van der Waals surface area contributed by atoms with Crippen LogP contribution in [0, 0.1) is 11.3 Å². The largest absolute Gasteiger partial charge is 0.377 e. The Bertz CT molecular complexity index is 243. The lowest BCUT2D eigenvalue weighted by atomic mass is 9.77. The first kappa shape index (κ1) is 12.4. The molecule has 1 aliphatic rings. The first-order valence-electron chi connectivity index (χ1n) is 5.74. The van der Waals surface area contributed by atoms with E-state index >= 15 is 0 Å². The van der Waals surface area contributed by atoms with Gasteiger partial charge in [0.15, 0.2) is 0 Å². The number of hydrogen-bond donors (Lipinski definition) is 0. The van der Waals surface area contributed by atoms with Crippen molar-refractivity contribution in [2.75, 3.05) is 6.61 Å². The maximum atomic E-state index is 11.8. The molecule has 0 radical (unpaired) electrons. The number of hydrogen-bond acceptors (Lipinski definition) is 2. The summed E-state index contributed by atoms with van der Waals surface area (Å²) in [6.45, 7) is 10.7. The fourth-order valence-corrected chi connectivity index (χ4v) is 1.98. The number of Topliss-reactive ketones (excluding diaryl/α,β-unsaturated/α-hetero) is 1. The maximum absolute atomic E-state index is 11.8. The molecule has 0 aromatic rings. The average Bonchev–Trinajstić information content (AvgIpc) is 2.19. The molecule has 1 saturated heterocycles. The van der Waals surface area contributed by atoms with Gasteiger partial charge < -0.3 is 4.74 Å². The number of ketones is 1. The van der Waals surface area contributed by atoms with Crippen molar-refractivity contribution in [1.29, 1.82) is 0 Å². The van der Waals surface area contributed by atoms with Crippen LogP contribution in [0.4, 0.5) is 0 Å². The highest BCUT2D eigenvalue weighted by molar-refractivity contribution is 5.82. The molecule has 0 aliphatic carbocycles. The second-order valence-electron chi connectivity index (χ2n) is 5.15. The van der Waals surface area contributed by atoms with E-state index in [2.05, 4.69) is 20.4 Å². The minimum Gasteiger partial charge on any atom is -0.377 e. The second-order valence-corrected chi connectivity index (χ2v) is 5.15. The summed E-state index contributed by atoms with van der Waals surface area (Å²) in [5, 5.41) is 0. The zero-order chi connectivity index (χ0) is 11.5. The Morgan fingerprint density at radius 3 is 2.87 bits per heavy atom. The Balaban J connectivity index is 2.56. The van der Waals surface area contributed by atoms with Crippen LogP contribution in [0.2, 0.25) is 0 Å². The van der Waals surface area contributed by atoms with E-state index < -0.39 is 0 Å².